The van der Waals surface area contributed by atoms with Crippen LogP contribution in [0, 0.1) is 0 Å². The van der Waals surface area contributed by atoms with Crippen LogP contribution in [0.15, 0.2) is 65.6 Å². The van der Waals surface area contributed by atoms with Crippen LogP contribution >= 0.6 is 35.1 Å². The lowest BCUT2D eigenvalue weighted by atomic mass is 10.1. The summed E-state index contributed by atoms with van der Waals surface area (Å²) in [4.78, 5) is 15.6. The van der Waals surface area contributed by atoms with E-state index in [1.807, 2.05) is 42.5 Å². The molecular weight excluding hydrogens is 403 g/mol. The van der Waals surface area contributed by atoms with Crippen LogP contribution in [-0.4, -0.2) is 22.6 Å². The summed E-state index contributed by atoms with van der Waals surface area (Å²) in [5.74, 6) is -0.922. The number of rotatable bonds is 5. The van der Waals surface area contributed by atoms with E-state index >= 15 is 0 Å². The second-order valence-electron chi connectivity index (χ2n) is 6.03. The number of hydrogen-bond acceptors (Lipinski definition) is 3. The highest BCUT2D eigenvalue weighted by atomic mass is 35.5. The van der Waals surface area contributed by atoms with Gasteiger partial charge in [0.2, 0.25) is 0 Å². The lowest BCUT2D eigenvalue weighted by Gasteiger charge is -2.21. The van der Waals surface area contributed by atoms with Crippen molar-refractivity contribution in [3.63, 3.8) is 0 Å². The molecule has 0 aliphatic rings. The summed E-state index contributed by atoms with van der Waals surface area (Å²) >= 11 is 13.4. The normalized spacial score (nSPS) is 11.2. The van der Waals surface area contributed by atoms with Gasteiger partial charge in [-0.3, -0.25) is 4.79 Å². The number of halogens is 2. The molecule has 4 nitrogen and oxygen atoms in total. The maximum Gasteiger partial charge on any atom is 0.324 e. The smallest absolute Gasteiger partial charge is 0.324 e. The number of nitrogens with zero attached hydrogens (tertiary/aromatic N) is 1. The predicted octanol–water partition coefficient (Wildman–Crippen LogP) is 6.23. The number of aromatic nitrogens is 1. The summed E-state index contributed by atoms with van der Waals surface area (Å²) in [5.41, 5.74) is 2.84. The van der Waals surface area contributed by atoms with Gasteiger partial charge in [0.05, 0.1) is 0 Å². The summed E-state index contributed by atoms with van der Waals surface area (Å²) in [5, 5.41) is 12.5. The highest BCUT2D eigenvalue weighted by Crippen LogP contribution is 2.35. The van der Waals surface area contributed by atoms with Crippen LogP contribution in [0.2, 0.25) is 10.0 Å². The molecule has 1 aromatic heterocycles. The molecule has 0 unspecified atom stereocenters. The minimum Gasteiger partial charge on any atom is -0.480 e. The first-order valence-corrected chi connectivity index (χ1v) is 9.66. The first kappa shape index (κ1) is 18.0. The molecule has 0 atom stereocenters. The van der Waals surface area contributed by atoms with Crippen molar-refractivity contribution in [2.45, 2.75) is 4.90 Å². The van der Waals surface area contributed by atoms with Gasteiger partial charge >= 0.3 is 5.97 Å². The van der Waals surface area contributed by atoms with Crippen LogP contribution in [0.5, 0.6) is 0 Å². The van der Waals surface area contributed by atoms with E-state index in [0.717, 1.165) is 32.4 Å². The van der Waals surface area contributed by atoms with E-state index in [9.17, 15) is 9.90 Å². The molecule has 0 aliphatic heterocycles. The van der Waals surface area contributed by atoms with E-state index < -0.39 is 5.97 Å². The van der Waals surface area contributed by atoms with E-state index in [-0.39, 0.29) is 6.54 Å². The molecule has 136 valence electrons. The van der Waals surface area contributed by atoms with Crippen molar-refractivity contribution in [3.05, 3.63) is 70.7 Å². The van der Waals surface area contributed by atoms with E-state index in [1.165, 1.54) is 11.9 Å². The Kier molecular flexibility index (Phi) is 4.91. The fraction of sp³-hybridized carbons (Fsp3) is 0.0500. The molecule has 0 bridgehead atoms. The van der Waals surface area contributed by atoms with Crippen LogP contribution in [-0.2, 0) is 4.79 Å². The number of anilines is 1. The molecule has 1 heterocycles. The van der Waals surface area contributed by atoms with Crippen molar-refractivity contribution < 1.29 is 9.90 Å². The first-order valence-electron chi connectivity index (χ1n) is 8.13. The molecule has 0 amide bonds. The third kappa shape index (κ3) is 3.86. The summed E-state index contributed by atoms with van der Waals surface area (Å²) in [7, 11) is 0. The van der Waals surface area contributed by atoms with Crippen molar-refractivity contribution in [2.24, 2.45) is 0 Å². The highest BCUT2D eigenvalue weighted by molar-refractivity contribution is 8.00. The number of aromatic amines is 1. The summed E-state index contributed by atoms with van der Waals surface area (Å²) in [6, 6.07) is 19.1. The number of para-hydroxylation sites is 1. The number of carboxylic acids is 1. The van der Waals surface area contributed by atoms with Crippen LogP contribution in [0.1, 0.15) is 0 Å². The molecular formula is C20H14Cl2N2O2S. The number of aliphatic carboxylic acids is 1. The first-order chi connectivity index (χ1) is 13.0. The molecule has 0 fully saturated rings. The molecule has 4 rings (SSSR count). The zero-order chi connectivity index (χ0) is 19.0. The summed E-state index contributed by atoms with van der Waals surface area (Å²) in [6.07, 6.45) is 0. The molecule has 0 saturated heterocycles. The van der Waals surface area contributed by atoms with Crippen LogP contribution in [0.25, 0.3) is 21.8 Å². The highest BCUT2D eigenvalue weighted by Gasteiger charge is 2.15. The quantitative estimate of drug-likeness (QED) is 0.378. The standard InChI is InChI=1S/C20H14Cl2N2O2S/c21-12-7-13(22)9-15(8-12)27-24(11-20(25)26)14-5-6-19-17(10-14)16-3-1-2-4-18(16)23-19/h1-10,23H,11H2,(H,25,26). The molecule has 2 N–H and O–H groups in total. The zero-order valence-electron chi connectivity index (χ0n) is 13.9. The lowest BCUT2D eigenvalue weighted by Crippen LogP contribution is -2.22. The van der Waals surface area contributed by atoms with E-state index in [4.69, 9.17) is 23.2 Å². The van der Waals surface area contributed by atoms with Gasteiger partial charge in [-0.05, 0) is 54.4 Å². The number of carbonyl (C=O) groups is 1. The van der Waals surface area contributed by atoms with Crippen LogP contribution in [0.4, 0.5) is 5.69 Å². The van der Waals surface area contributed by atoms with Crippen molar-refractivity contribution >= 4 is 68.6 Å². The molecule has 0 aliphatic carbocycles. The number of benzene rings is 3. The number of H-pyrrole nitrogens is 1. The van der Waals surface area contributed by atoms with Gasteiger partial charge in [-0.15, -0.1) is 0 Å². The topological polar surface area (TPSA) is 56.3 Å². The molecule has 3 aromatic carbocycles. The predicted molar refractivity (Wildman–Crippen MR) is 113 cm³/mol. The van der Waals surface area contributed by atoms with Crippen molar-refractivity contribution in [2.75, 3.05) is 10.8 Å². The fourth-order valence-electron chi connectivity index (χ4n) is 3.00. The van der Waals surface area contributed by atoms with Gasteiger partial charge in [0, 0.05) is 42.4 Å². The molecule has 0 radical (unpaired) electrons. The lowest BCUT2D eigenvalue weighted by molar-refractivity contribution is -0.135. The van der Waals surface area contributed by atoms with Gasteiger partial charge in [0.25, 0.3) is 0 Å². The Morgan fingerprint density at radius 1 is 0.963 bits per heavy atom. The van der Waals surface area contributed by atoms with Crippen LogP contribution < -0.4 is 4.31 Å². The fourth-order valence-corrected chi connectivity index (χ4v) is 4.66. The molecule has 7 heteroatoms. The number of nitrogens with one attached hydrogen (secondary N) is 1. The van der Waals surface area contributed by atoms with E-state index in [1.54, 1.807) is 22.5 Å². The van der Waals surface area contributed by atoms with E-state index in [2.05, 4.69) is 4.98 Å². The summed E-state index contributed by atoms with van der Waals surface area (Å²) < 4.78 is 1.71. The van der Waals surface area contributed by atoms with Crippen LogP contribution in [0.3, 0.4) is 0 Å². The number of carboxylic acid groups (broad SMARTS) is 1. The molecule has 4 aromatic rings. The third-order valence-electron chi connectivity index (χ3n) is 4.11. The Labute approximate surface area is 169 Å². The van der Waals surface area contributed by atoms with Gasteiger partial charge < -0.3 is 14.4 Å². The van der Waals surface area contributed by atoms with Gasteiger partial charge in [0.15, 0.2) is 0 Å². The number of fused-ring (bicyclic) bond motifs is 3. The number of hydrogen-bond donors (Lipinski definition) is 2. The monoisotopic (exact) mass is 416 g/mol. The van der Waals surface area contributed by atoms with Crippen molar-refractivity contribution in [1.29, 1.82) is 0 Å². The minimum absolute atomic E-state index is 0.164. The Balaban J connectivity index is 1.77. The average molecular weight is 417 g/mol. The SMILES string of the molecule is O=C(O)CN(Sc1cc(Cl)cc(Cl)c1)c1ccc2[nH]c3ccccc3c2c1. The molecule has 0 saturated carbocycles. The van der Waals surface area contributed by atoms with Gasteiger partial charge in [-0.1, -0.05) is 41.4 Å². The van der Waals surface area contributed by atoms with E-state index in [0.29, 0.717) is 10.0 Å². The Morgan fingerprint density at radius 3 is 2.41 bits per heavy atom. The summed E-state index contributed by atoms with van der Waals surface area (Å²) in [6.45, 7) is -0.164. The maximum absolute atomic E-state index is 11.4. The Bertz CT molecular complexity index is 1140. The van der Waals surface area contributed by atoms with Gasteiger partial charge in [0.1, 0.15) is 6.54 Å². The molecule has 0 spiro atoms. The second-order valence-corrected chi connectivity index (χ2v) is 7.99. The van der Waals surface area contributed by atoms with Crippen molar-refractivity contribution in [1.82, 2.24) is 4.98 Å². The van der Waals surface area contributed by atoms with Gasteiger partial charge in [-0.25, -0.2) is 0 Å². The largest absolute Gasteiger partial charge is 0.480 e. The third-order valence-corrected chi connectivity index (χ3v) is 5.55. The average Bonchev–Trinajstić information content (AvgIpc) is 2.98. The second kappa shape index (κ2) is 7.35. The van der Waals surface area contributed by atoms with Gasteiger partial charge in [-0.2, -0.15) is 0 Å². The maximum atomic E-state index is 11.4. The van der Waals surface area contributed by atoms with Crippen molar-refractivity contribution in [3.8, 4) is 0 Å². The Morgan fingerprint density at radius 2 is 1.67 bits per heavy atom. The Hall–Kier alpha value is -2.34. The zero-order valence-corrected chi connectivity index (χ0v) is 16.3. The molecule has 27 heavy (non-hydrogen) atoms. The minimum atomic E-state index is -0.922.